The molecule has 1 unspecified atom stereocenters. The van der Waals surface area contributed by atoms with Crippen molar-refractivity contribution >= 4 is 17.5 Å². The Labute approximate surface area is 260 Å². The maximum Gasteiger partial charge on any atom is 0.254 e. The number of likely N-dealkylation sites (N-methyl/N-ethyl adjacent to an activating group) is 1. The second-order valence-corrected chi connectivity index (χ2v) is 11.0. The molecule has 0 aliphatic carbocycles. The maximum atomic E-state index is 12.6. The quantitative estimate of drug-likeness (QED) is 0.205. The van der Waals surface area contributed by atoms with E-state index in [1.54, 1.807) is 36.3 Å². The van der Waals surface area contributed by atoms with E-state index in [9.17, 15) is 10.1 Å². The molecule has 0 radical (unpaired) electrons. The monoisotopic (exact) mass is 611 g/mol. The summed E-state index contributed by atoms with van der Waals surface area (Å²) in [7, 11) is 1.71. The standard InChI is InChI=1S/C34H30ClN3O6/c1-21-25(4-3-5-27(21)24-6-7-29-32(12-24)41-9-8-40-29)19-43-31-13-30(42-18-23-10-22(14-36)15-37-16-23)26(11-28(31)35)17-38(2)34(39)33-20-44-33/h3-7,10-13,15-16,33H,8-9,17-20H2,1-2H3. The van der Waals surface area contributed by atoms with Crippen LogP contribution in [-0.2, 0) is 29.3 Å². The van der Waals surface area contributed by atoms with Crippen LogP contribution in [0.25, 0.3) is 11.1 Å². The molecule has 6 rings (SSSR count). The van der Waals surface area contributed by atoms with E-state index in [1.807, 2.05) is 30.3 Å². The first-order valence-corrected chi connectivity index (χ1v) is 14.5. The minimum atomic E-state index is -0.400. The molecule has 0 bridgehead atoms. The lowest BCUT2D eigenvalue weighted by atomic mass is 9.96. The van der Waals surface area contributed by atoms with Crippen LogP contribution < -0.4 is 18.9 Å². The van der Waals surface area contributed by atoms with E-state index < -0.39 is 6.10 Å². The Morgan fingerprint density at radius 3 is 2.61 bits per heavy atom. The van der Waals surface area contributed by atoms with Gasteiger partial charge in [0.15, 0.2) is 17.6 Å². The molecule has 10 heteroatoms. The maximum absolute atomic E-state index is 12.6. The Balaban J connectivity index is 1.23. The molecule has 0 saturated carbocycles. The van der Waals surface area contributed by atoms with Crippen molar-refractivity contribution in [1.82, 2.24) is 9.88 Å². The molecule has 2 aliphatic rings. The SMILES string of the molecule is Cc1c(COc2cc(OCc3cncc(C#N)c3)c(CN(C)C(=O)C3CO3)cc2Cl)cccc1-c1ccc2c(c1)OCCO2. The number of carbonyl (C=O) groups excluding carboxylic acids is 1. The molecule has 44 heavy (non-hydrogen) atoms. The van der Waals surface area contributed by atoms with Crippen LogP contribution in [0.15, 0.2) is 67.0 Å². The van der Waals surface area contributed by atoms with Gasteiger partial charge in [-0.2, -0.15) is 5.26 Å². The van der Waals surface area contributed by atoms with Gasteiger partial charge in [-0.15, -0.1) is 0 Å². The number of nitrogens with zero attached hydrogens (tertiary/aromatic N) is 3. The minimum absolute atomic E-state index is 0.105. The van der Waals surface area contributed by atoms with Gasteiger partial charge in [-0.1, -0.05) is 35.9 Å². The molecule has 2 aliphatic heterocycles. The van der Waals surface area contributed by atoms with Gasteiger partial charge in [0.25, 0.3) is 5.91 Å². The normalized spacial score (nSPS) is 14.8. The van der Waals surface area contributed by atoms with Crippen molar-refractivity contribution in [2.75, 3.05) is 26.9 Å². The van der Waals surface area contributed by atoms with Crippen molar-refractivity contribution in [3.8, 4) is 40.2 Å². The number of hydrogen-bond donors (Lipinski definition) is 0. The first-order chi connectivity index (χ1) is 21.4. The molecule has 4 aromatic rings. The first kappa shape index (κ1) is 29.3. The van der Waals surface area contributed by atoms with Gasteiger partial charge >= 0.3 is 0 Å². The van der Waals surface area contributed by atoms with Crippen molar-refractivity contribution in [3.63, 3.8) is 0 Å². The molecule has 3 heterocycles. The molecule has 3 aromatic carbocycles. The lowest BCUT2D eigenvalue weighted by molar-refractivity contribution is -0.131. The Bertz CT molecular complexity index is 1750. The van der Waals surface area contributed by atoms with Crippen LogP contribution in [0.2, 0.25) is 5.02 Å². The number of ether oxygens (including phenoxy) is 5. The highest BCUT2D eigenvalue weighted by Gasteiger charge is 2.34. The van der Waals surface area contributed by atoms with Gasteiger partial charge in [-0.3, -0.25) is 9.78 Å². The number of benzene rings is 3. The van der Waals surface area contributed by atoms with Gasteiger partial charge in [-0.25, -0.2) is 0 Å². The fourth-order valence-electron chi connectivity index (χ4n) is 5.02. The van der Waals surface area contributed by atoms with E-state index >= 15 is 0 Å². The first-order valence-electron chi connectivity index (χ1n) is 14.2. The third-order valence-corrected chi connectivity index (χ3v) is 7.80. The average molecular weight is 612 g/mol. The average Bonchev–Trinajstić information content (AvgIpc) is 3.90. The molecule has 1 amide bonds. The lowest BCUT2D eigenvalue weighted by Crippen LogP contribution is -2.30. The molecule has 1 aromatic heterocycles. The molecule has 1 saturated heterocycles. The molecule has 9 nitrogen and oxygen atoms in total. The van der Waals surface area contributed by atoms with Crippen molar-refractivity contribution in [2.45, 2.75) is 32.8 Å². The summed E-state index contributed by atoms with van der Waals surface area (Å²) in [6.45, 7) is 4.26. The third kappa shape index (κ3) is 6.57. The number of aromatic nitrogens is 1. The lowest BCUT2D eigenvalue weighted by Gasteiger charge is -2.21. The zero-order valence-electron chi connectivity index (χ0n) is 24.3. The topological polar surface area (TPSA) is 106 Å². The van der Waals surface area contributed by atoms with Crippen LogP contribution in [0.5, 0.6) is 23.0 Å². The van der Waals surface area contributed by atoms with Gasteiger partial charge in [0.1, 0.15) is 44.0 Å². The summed E-state index contributed by atoms with van der Waals surface area (Å²) in [5, 5.41) is 9.63. The molecule has 0 spiro atoms. The smallest absolute Gasteiger partial charge is 0.254 e. The van der Waals surface area contributed by atoms with Crippen molar-refractivity contribution in [2.24, 2.45) is 0 Å². The van der Waals surface area contributed by atoms with Crippen LogP contribution >= 0.6 is 11.6 Å². The van der Waals surface area contributed by atoms with Gasteiger partial charge in [0.05, 0.1) is 17.2 Å². The van der Waals surface area contributed by atoms with Crippen molar-refractivity contribution in [1.29, 1.82) is 5.26 Å². The number of halogens is 1. The fourth-order valence-corrected chi connectivity index (χ4v) is 5.26. The Morgan fingerprint density at radius 2 is 1.82 bits per heavy atom. The third-order valence-electron chi connectivity index (χ3n) is 7.51. The molecular formula is C34H30ClN3O6. The van der Waals surface area contributed by atoms with Gasteiger partial charge in [0, 0.05) is 43.2 Å². The number of amides is 1. The molecule has 1 atom stereocenters. The van der Waals surface area contributed by atoms with Crippen LogP contribution in [0.4, 0.5) is 0 Å². The molecular weight excluding hydrogens is 582 g/mol. The summed E-state index contributed by atoms with van der Waals surface area (Å²) in [5.41, 5.74) is 6.03. The zero-order chi connectivity index (χ0) is 30.6. The van der Waals surface area contributed by atoms with E-state index in [-0.39, 0.29) is 25.7 Å². The molecule has 1 fully saturated rings. The van der Waals surface area contributed by atoms with Crippen LogP contribution in [0.3, 0.4) is 0 Å². The van der Waals surface area contributed by atoms with Crippen LogP contribution in [-0.4, -0.2) is 48.8 Å². The van der Waals surface area contributed by atoms with E-state index in [0.717, 1.165) is 39.3 Å². The summed E-state index contributed by atoms with van der Waals surface area (Å²) in [4.78, 5) is 18.3. The Hall–Kier alpha value is -4.78. The number of pyridine rings is 1. The summed E-state index contributed by atoms with van der Waals surface area (Å²) in [5.74, 6) is 2.33. The molecule has 0 N–H and O–H groups in total. The van der Waals surface area contributed by atoms with Gasteiger partial charge in [0.2, 0.25) is 0 Å². The van der Waals surface area contributed by atoms with Crippen molar-refractivity contribution < 1.29 is 28.5 Å². The number of rotatable bonds is 10. The van der Waals surface area contributed by atoms with E-state index in [2.05, 4.69) is 24.0 Å². The van der Waals surface area contributed by atoms with E-state index in [0.29, 0.717) is 47.5 Å². The van der Waals surface area contributed by atoms with Gasteiger partial charge in [-0.05, 0) is 53.4 Å². The number of epoxide rings is 1. The number of fused-ring (bicyclic) bond motifs is 1. The summed E-state index contributed by atoms with van der Waals surface area (Å²) < 4.78 is 29.1. The molecule has 224 valence electrons. The summed E-state index contributed by atoms with van der Waals surface area (Å²) in [6, 6.07) is 19.4. The zero-order valence-corrected chi connectivity index (χ0v) is 25.1. The number of carbonyl (C=O) groups is 1. The second-order valence-electron chi connectivity index (χ2n) is 10.6. The van der Waals surface area contributed by atoms with E-state index in [4.69, 9.17) is 35.3 Å². The predicted molar refractivity (Wildman–Crippen MR) is 163 cm³/mol. The highest BCUT2D eigenvalue weighted by Crippen LogP contribution is 2.38. The van der Waals surface area contributed by atoms with Crippen molar-refractivity contribution in [3.05, 3.63) is 99.8 Å². The highest BCUT2D eigenvalue weighted by molar-refractivity contribution is 6.32. The number of hydrogen-bond acceptors (Lipinski definition) is 8. The Kier molecular flexibility index (Phi) is 8.55. The summed E-state index contributed by atoms with van der Waals surface area (Å²) >= 11 is 6.72. The fraction of sp³-hybridized carbons (Fsp3) is 0.265. The second kappa shape index (κ2) is 12.8. The Morgan fingerprint density at radius 1 is 1.02 bits per heavy atom. The van der Waals surface area contributed by atoms with Gasteiger partial charge < -0.3 is 28.6 Å². The van der Waals surface area contributed by atoms with Crippen LogP contribution in [0.1, 0.15) is 27.8 Å². The highest BCUT2D eigenvalue weighted by atomic mass is 35.5. The van der Waals surface area contributed by atoms with Crippen LogP contribution in [0, 0.1) is 18.3 Å². The largest absolute Gasteiger partial charge is 0.488 e. The van der Waals surface area contributed by atoms with E-state index in [1.165, 1.54) is 6.20 Å². The summed E-state index contributed by atoms with van der Waals surface area (Å²) in [6.07, 6.45) is 2.74. The predicted octanol–water partition coefficient (Wildman–Crippen LogP) is 5.87. The minimum Gasteiger partial charge on any atom is -0.488 e. The number of nitriles is 1.